The molecular formula is C13H16O2. The molecule has 0 bridgehead atoms. The van der Waals surface area contributed by atoms with Crippen LogP contribution in [0, 0.1) is 13.8 Å². The van der Waals surface area contributed by atoms with Gasteiger partial charge in [0.05, 0.1) is 0 Å². The molecule has 2 rings (SSSR count). The van der Waals surface area contributed by atoms with E-state index >= 15 is 0 Å². The van der Waals surface area contributed by atoms with Crippen LogP contribution in [-0.4, -0.2) is 11.7 Å². The number of fused-ring (bicyclic) bond motifs is 1. The standard InChI is InChI=1S/C13H16O2/c1-8(7-14)11-5-4-6-12-13(11)9(2)10(3)15-12/h4-6,8,14H,7H2,1-3H3. The van der Waals surface area contributed by atoms with Crippen LogP contribution < -0.4 is 0 Å². The summed E-state index contributed by atoms with van der Waals surface area (Å²) in [5.74, 6) is 1.12. The molecule has 1 aromatic carbocycles. The lowest BCUT2D eigenvalue weighted by molar-refractivity contribution is 0.273. The van der Waals surface area contributed by atoms with Crippen LogP contribution in [0.1, 0.15) is 29.7 Å². The average molecular weight is 204 g/mol. The molecule has 0 fully saturated rings. The molecule has 15 heavy (non-hydrogen) atoms. The first-order valence-electron chi connectivity index (χ1n) is 5.24. The van der Waals surface area contributed by atoms with Gasteiger partial charge in [0.15, 0.2) is 0 Å². The molecule has 1 unspecified atom stereocenters. The Kier molecular flexibility index (Phi) is 2.53. The van der Waals surface area contributed by atoms with E-state index < -0.39 is 0 Å². The maximum absolute atomic E-state index is 9.21. The molecule has 0 saturated carbocycles. The maximum atomic E-state index is 9.21. The summed E-state index contributed by atoms with van der Waals surface area (Å²) in [5, 5.41) is 10.4. The van der Waals surface area contributed by atoms with Crippen LogP contribution >= 0.6 is 0 Å². The fourth-order valence-electron chi connectivity index (χ4n) is 1.96. The summed E-state index contributed by atoms with van der Waals surface area (Å²) in [6, 6.07) is 6.01. The molecule has 1 atom stereocenters. The molecule has 1 N–H and O–H groups in total. The minimum Gasteiger partial charge on any atom is -0.461 e. The van der Waals surface area contributed by atoms with Crippen molar-refractivity contribution in [3.63, 3.8) is 0 Å². The highest BCUT2D eigenvalue weighted by Crippen LogP contribution is 2.31. The van der Waals surface area contributed by atoms with Gasteiger partial charge >= 0.3 is 0 Å². The van der Waals surface area contributed by atoms with Gasteiger partial charge in [0.25, 0.3) is 0 Å². The van der Waals surface area contributed by atoms with E-state index in [-0.39, 0.29) is 12.5 Å². The third-order valence-corrected chi connectivity index (χ3v) is 3.03. The second-order valence-corrected chi connectivity index (χ2v) is 4.09. The van der Waals surface area contributed by atoms with E-state index in [0.29, 0.717) is 0 Å². The average Bonchev–Trinajstić information content (AvgIpc) is 2.54. The first kappa shape index (κ1) is 10.2. The minimum atomic E-state index is 0.157. The molecule has 80 valence electrons. The van der Waals surface area contributed by atoms with Crippen molar-refractivity contribution in [3.8, 4) is 0 Å². The van der Waals surface area contributed by atoms with Gasteiger partial charge in [-0.3, -0.25) is 0 Å². The predicted octanol–water partition coefficient (Wildman–Crippen LogP) is 3.15. The van der Waals surface area contributed by atoms with Crippen molar-refractivity contribution in [2.45, 2.75) is 26.7 Å². The molecule has 2 nitrogen and oxygen atoms in total. The third kappa shape index (κ3) is 1.55. The molecule has 2 aromatic rings. The van der Waals surface area contributed by atoms with E-state index in [9.17, 15) is 5.11 Å². The molecule has 0 radical (unpaired) electrons. The summed E-state index contributed by atoms with van der Waals surface area (Å²) < 4.78 is 5.65. The van der Waals surface area contributed by atoms with Gasteiger partial charge in [0.2, 0.25) is 0 Å². The molecule has 0 saturated heterocycles. The summed E-state index contributed by atoms with van der Waals surface area (Å²) in [6.07, 6.45) is 0. The van der Waals surface area contributed by atoms with Crippen LogP contribution in [0.3, 0.4) is 0 Å². The van der Waals surface area contributed by atoms with Gasteiger partial charge in [0.1, 0.15) is 11.3 Å². The van der Waals surface area contributed by atoms with Crippen molar-refractivity contribution < 1.29 is 9.52 Å². The molecule has 0 amide bonds. The van der Waals surface area contributed by atoms with E-state index in [0.717, 1.165) is 16.7 Å². The van der Waals surface area contributed by atoms with E-state index in [2.05, 4.69) is 13.0 Å². The van der Waals surface area contributed by atoms with Crippen molar-refractivity contribution in [1.82, 2.24) is 0 Å². The third-order valence-electron chi connectivity index (χ3n) is 3.03. The molecule has 1 heterocycles. The molecule has 0 spiro atoms. The Bertz CT molecular complexity index is 482. The van der Waals surface area contributed by atoms with Crippen LogP contribution in [0.5, 0.6) is 0 Å². The van der Waals surface area contributed by atoms with Crippen LogP contribution in [-0.2, 0) is 0 Å². The largest absolute Gasteiger partial charge is 0.461 e. The number of furan rings is 1. The van der Waals surface area contributed by atoms with Gasteiger partial charge in [-0.05, 0) is 31.0 Å². The summed E-state index contributed by atoms with van der Waals surface area (Å²) >= 11 is 0. The Labute approximate surface area is 89.5 Å². The van der Waals surface area contributed by atoms with Crippen LogP contribution in [0.4, 0.5) is 0 Å². The van der Waals surface area contributed by atoms with Crippen LogP contribution in [0.15, 0.2) is 22.6 Å². The highest BCUT2D eigenvalue weighted by atomic mass is 16.3. The number of aliphatic hydroxyl groups is 1. The van der Waals surface area contributed by atoms with Crippen LogP contribution in [0.2, 0.25) is 0 Å². The Morgan fingerprint density at radius 1 is 1.33 bits per heavy atom. The number of aliphatic hydroxyl groups excluding tert-OH is 1. The Morgan fingerprint density at radius 2 is 2.07 bits per heavy atom. The zero-order chi connectivity index (χ0) is 11.0. The van der Waals surface area contributed by atoms with E-state index in [4.69, 9.17) is 4.42 Å². The Balaban J connectivity index is 2.74. The molecule has 0 aliphatic carbocycles. The van der Waals surface area contributed by atoms with Gasteiger partial charge in [-0.25, -0.2) is 0 Å². The zero-order valence-corrected chi connectivity index (χ0v) is 9.37. The van der Waals surface area contributed by atoms with E-state index in [1.807, 2.05) is 26.0 Å². The smallest absolute Gasteiger partial charge is 0.134 e. The number of rotatable bonds is 2. The monoisotopic (exact) mass is 204 g/mol. The fraction of sp³-hybridized carbons (Fsp3) is 0.385. The first-order chi connectivity index (χ1) is 7.15. The lowest BCUT2D eigenvalue weighted by atomic mass is 9.96. The summed E-state index contributed by atoms with van der Waals surface area (Å²) in [5.41, 5.74) is 3.27. The van der Waals surface area contributed by atoms with Crippen molar-refractivity contribution in [2.75, 3.05) is 6.61 Å². The van der Waals surface area contributed by atoms with E-state index in [1.165, 1.54) is 11.1 Å². The maximum Gasteiger partial charge on any atom is 0.134 e. The number of hydrogen-bond donors (Lipinski definition) is 1. The SMILES string of the molecule is Cc1oc2cccc(C(C)CO)c2c1C. The van der Waals surface area contributed by atoms with Gasteiger partial charge in [-0.2, -0.15) is 0 Å². The van der Waals surface area contributed by atoms with Gasteiger partial charge < -0.3 is 9.52 Å². The second-order valence-electron chi connectivity index (χ2n) is 4.09. The molecule has 0 aliphatic rings. The lowest BCUT2D eigenvalue weighted by Gasteiger charge is -2.09. The second kappa shape index (κ2) is 3.70. The van der Waals surface area contributed by atoms with Crippen molar-refractivity contribution >= 4 is 11.0 Å². The van der Waals surface area contributed by atoms with Gasteiger partial charge in [0, 0.05) is 17.9 Å². The summed E-state index contributed by atoms with van der Waals surface area (Å²) in [4.78, 5) is 0. The lowest BCUT2D eigenvalue weighted by Crippen LogP contribution is -1.99. The van der Waals surface area contributed by atoms with Crippen molar-refractivity contribution in [2.24, 2.45) is 0 Å². The topological polar surface area (TPSA) is 33.4 Å². The predicted molar refractivity (Wildman–Crippen MR) is 61.2 cm³/mol. The number of benzene rings is 1. The Morgan fingerprint density at radius 3 is 2.73 bits per heavy atom. The van der Waals surface area contributed by atoms with Gasteiger partial charge in [-0.1, -0.05) is 19.1 Å². The highest BCUT2D eigenvalue weighted by molar-refractivity contribution is 5.86. The minimum absolute atomic E-state index is 0.157. The molecule has 0 aliphatic heterocycles. The van der Waals surface area contributed by atoms with Crippen molar-refractivity contribution in [3.05, 3.63) is 35.1 Å². The van der Waals surface area contributed by atoms with Gasteiger partial charge in [-0.15, -0.1) is 0 Å². The summed E-state index contributed by atoms with van der Waals surface area (Å²) in [6.45, 7) is 6.23. The number of hydrogen-bond acceptors (Lipinski definition) is 2. The zero-order valence-electron chi connectivity index (χ0n) is 9.37. The first-order valence-corrected chi connectivity index (χ1v) is 5.24. The molecule has 1 aromatic heterocycles. The van der Waals surface area contributed by atoms with Crippen LogP contribution in [0.25, 0.3) is 11.0 Å². The Hall–Kier alpha value is -1.28. The van der Waals surface area contributed by atoms with E-state index in [1.54, 1.807) is 0 Å². The van der Waals surface area contributed by atoms with Crippen molar-refractivity contribution in [1.29, 1.82) is 0 Å². The molecule has 2 heteroatoms. The summed E-state index contributed by atoms with van der Waals surface area (Å²) in [7, 11) is 0. The molecular weight excluding hydrogens is 188 g/mol. The quantitative estimate of drug-likeness (QED) is 0.815. The number of aryl methyl sites for hydroxylation is 2. The normalized spacial score (nSPS) is 13.3. The fourth-order valence-corrected chi connectivity index (χ4v) is 1.96. The highest BCUT2D eigenvalue weighted by Gasteiger charge is 2.14.